The molecule has 1 aliphatic heterocycles. The first-order valence-electron chi connectivity index (χ1n) is 9.38. The van der Waals surface area contributed by atoms with Crippen LogP contribution >= 0.6 is 0 Å². The SMILES string of the molecule is c1ccc2[nH]c(CN[C@@H]3COC(Oc4ccc(-c5ccn[nH]5)cc4)C3)nc2c1. The highest BCUT2D eigenvalue weighted by Gasteiger charge is 2.26. The number of aromatic nitrogens is 4. The summed E-state index contributed by atoms with van der Waals surface area (Å²) in [5, 5.41) is 10.4. The fourth-order valence-electron chi connectivity index (χ4n) is 3.43. The molecule has 0 saturated carbocycles. The number of nitrogens with one attached hydrogen (secondary N) is 3. The first-order valence-corrected chi connectivity index (χ1v) is 9.38. The molecule has 3 N–H and O–H groups in total. The molecule has 142 valence electrons. The Morgan fingerprint density at radius 3 is 2.82 bits per heavy atom. The zero-order valence-corrected chi connectivity index (χ0v) is 15.3. The molecule has 1 fully saturated rings. The van der Waals surface area contributed by atoms with Crippen LogP contribution in [0.15, 0.2) is 60.8 Å². The molecular formula is C21H21N5O2. The highest BCUT2D eigenvalue weighted by molar-refractivity contribution is 5.74. The lowest BCUT2D eigenvalue weighted by Crippen LogP contribution is -2.29. The van der Waals surface area contributed by atoms with E-state index in [1.165, 1.54) is 0 Å². The van der Waals surface area contributed by atoms with Crippen LogP contribution in [-0.4, -0.2) is 39.1 Å². The monoisotopic (exact) mass is 375 g/mol. The van der Waals surface area contributed by atoms with Crippen molar-refractivity contribution in [3.8, 4) is 17.0 Å². The lowest BCUT2D eigenvalue weighted by molar-refractivity contribution is -0.0392. The summed E-state index contributed by atoms with van der Waals surface area (Å²) in [4.78, 5) is 7.93. The fraction of sp³-hybridized carbons (Fsp3) is 0.238. The second-order valence-corrected chi connectivity index (χ2v) is 6.89. The zero-order valence-electron chi connectivity index (χ0n) is 15.3. The van der Waals surface area contributed by atoms with Gasteiger partial charge in [0.1, 0.15) is 11.6 Å². The van der Waals surface area contributed by atoms with Gasteiger partial charge in [0.25, 0.3) is 0 Å². The van der Waals surface area contributed by atoms with E-state index >= 15 is 0 Å². The molecule has 7 nitrogen and oxygen atoms in total. The quantitative estimate of drug-likeness (QED) is 0.482. The molecule has 7 heteroatoms. The van der Waals surface area contributed by atoms with Crippen molar-refractivity contribution >= 4 is 11.0 Å². The summed E-state index contributed by atoms with van der Waals surface area (Å²) in [5.74, 6) is 1.73. The molecule has 2 aromatic carbocycles. The molecule has 0 radical (unpaired) electrons. The fourth-order valence-corrected chi connectivity index (χ4v) is 3.43. The highest BCUT2D eigenvalue weighted by Crippen LogP contribution is 2.23. The minimum Gasteiger partial charge on any atom is -0.465 e. The predicted molar refractivity (Wildman–Crippen MR) is 106 cm³/mol. The summed E-state index contributed by atoms with van der Waals surface area (Å²) in [7, 11) is 0. The summed E-state index contributed by atoms with van der Waals surface area (Å²) >= 11 is 0. The van der Waals surface area contributed by atoms with Crippen LogP contribution in [0.5, 0.6) is 5.75 Å². The van der Waals surface area contributed by atoms with Gasteiger partial charge in [-0.3, -0.25) is 5.10 Å². The summed E-state index contributed by atoms with van der Waals surface area (Å²) in [5.41, 5.74) is 4.10. The summed E-state index contributed by atoms with van der Waals surface area (Å²) in [6.45, 7) is 1.30. The van der Waals surface area contributed by atoms with E-state index in [0.717, 1.165) is 40.3 Å². The number of hydrogen-bond acceptors (Lipinski definition) is 5. The van der Waals surface area contributed by atoms with Gasteiger partial charge in [-0.2, -0.15) is 5.10 Å². The maximum absolute atomic E-state index is 5.97. The van der Waals surface area contributed by atoms with E-state index in [0.29, 0.717) is 13.2 Å². The van der Waals surface area contributed by atoms with Gasteiger partial charge >= 0.3 is 0 Å². The molecule has 1 aliphatic rings. The van der Waals surface area contributed by atoms with Crippen molar-refractivity contribution in [2.75, 3.05) is 6.61 Å². The number of hydrogen-bond donors (Lipinski definition) is 3. The van der Waals surface area contributed by atoms with Crippen molar-refractivity contribution in [2.24, 2.45) is 0 Å². The van der Waals surface area contributed by atoms with Gasteiger partial charge in [0.2, 0.25) is 6.29 Å². The van der Waals surface area contributed by atoms with Crippen LogP contribution in [0, 0.1) is 0 Å². The van der Waals surface area contributed by atoms with Gasteiger partial charge in [-0.05, 0) is 48.0 Å². The smallest absolute Gasteiger partial charge is 0.201 e. The van der Waals surface area contributed by atoms with E-state index in [1.807, 2.05) is 54.6 Å². The van der Waals surface area contributed by atoms with Crippen LogP contribution in [0.2, 0.25) is 0 Å². The first kappa shape index (κ1) is 17.0. The van der Waals surface area contributed by atoms with Gasteiger partial charge < -0.3 is 19.8 Å². The van der Waals surface area contributed by atoms with Crippen molar-refractivity contribution in [3.05, 3.63) is 66.6 Å². The number of H-pyrrole nitrogens is 2. The molecule has 0 spiro atoms. The van der Waals surface area contributed by atoms with Gasteiger partial charge in [0.05, 0.1) is 29.9 Å². The van der Waals surface area contributed by atoms with Gasteiger partial charge in [-0.25, -0.2) is 4.98 Å². The molecule has 1 saturated heterocycles. The minimum absolute atomic E-state index is 0.238. The van der Waals surface area contributed by atoms with Crippen molar-refractivity contribution in [3.63, 3.8) is 0 Å². The van der Waals surface area contributed by atoms with Gasteiger partial charge in [-0.15, -0.1) is 0 Å². The van der Waals surface area contributed by atoms with Gasteiger partial charge in [0.15, 0.2) is 0 Å². The molecular weight excluding hydrogens is 354 g/mol. The molecule has 0 amide bonds. The Morgan fingerprint density at radius 2 is 2.00 bits per heavy atom. The second kappa shape index (κ2) is 7.46. The number of aromatic amines is 2. The predicted octanol–water partition coefficient (Wildman–Crippen LogP) is 3.24. The summed E-state index contributed by atoms with van der Waals surface area (Å²) in [6, 6.07) is 18.1. The van der Waals surface area contributed by atoms with Crippen LogP contribution in [-0.2, 0) is 11.3 Å². The highest BCUT2D eigenvalue weighted by atomic mass is 16.7. The average molecular weight is 375 g/mol. The normalized spacial score (nSPS) is 19.3. The molecule has 0 bridgehead atoms. The number of imidazole rings is 1. The topological polar surface area (TPSA) is 87.9 Å². The third-order valence-corrected chi connectivity index (χ3v) is 4.89. The summed E-state index contributed by atoms with van der Waals surface area (Å²) in [6.07, 6.45) is 2.29. The van der Waals surface area contributed by atoms with E-state index in [4.69, 9.17) is 9.47 Å². The molecule has 4 aromatic rings. The third kappa shape index (κ3) is 3.62. The van der Waals surface area contributed by atoms with Crippen LogP contribution in [0.25, 0.3) is 22.3 Å². The Labute approximate surface area is 162 Å². The standard InChI is InChI=1S/C21H21N5O2/c1-2-4-19-18(3-1)24-20(25-19)12-22-15-11-21(27-13-15)28-16-7-5-14(6-8-16)17-9-10-23-26-17/h1-10,15,21-22H,11-13H2,(H,23,26)(H,24,25)/t15-,21?/m0/s1. The van der Waals surface area contributed by atoms with Crippen LogP contribution in [0.1, 0.15) is 12.2 Å². The lowest BCUT2D eigenvalue weighted by Gasteiger charge is -2.13. The maximum atomic E-state index is 5.97. The molecule has 0 aliphatic carbocycles. The number of rotatable bonds is 6. The molecule has 3 heterocycles. The molecule has 1 unspecified atom stereocenters. The van der Waals surface area contributed by atoms with E-state index in [9.17, 15) is 0 Å². The Morgan fingerprint density at radius 1 is 1.11 bits per heavy atom. The molecule has 5 rings (SSSR count). The van der Waals surface area contributed by atoms with Crippen LogP contribution < -0.4 is 10.1 Å². The molecule has 28 heavy (non-hydrogen) atoms. The number of ether oxygens (including phenoxy) is 2. The second-order valence-electron chi connectivity index (χ2n) is 6.89. The van der Waals surface area contributed by atoms with E-state index < -0.39 is 0 Å². The number of nitrogens with zero attached hydrogens (tertiary/aromatic N) is 2. The number of fused-ring (bicyclic) bond motifs is 1. The maximum Gasteiger partial charge on any atom is 0.201 e. The molecule has 2 aromatic heterocycles. The Balaban J connectivity index is 1.14. The largest absolute Gasteiger partial charge is 0.465 e. The average Bonchev–Trinajstić information content (AvgIpc) is 3.47. The van der Waals surface area contributed by atoms with Gasteiger partial charge in [0, 0.05) is 18.7 Å². The number of benzene rings is 2. The van der Waals surface area contributed by atoms with E-state index in [2.05, 4.69) is 25.5 Å². The van der Waals surface area contributed by atoms with Crippen molar-refractivity contribution in [1.29, 1.82) is 0 Å². The summed E-state index contributed by atoms with van der Waals surface area (Å²) < 4.78 is 11.8. The van der Waals surface area contributed by atoms with E-state index in [-0.39, 0.29) is 12.3 Å². The number of para-hydroxylation sites is 2. The zero-order chi connectivity index (χ0) is 18.8. The minimum atomic E-state index is -0.244. The third-order valence-electron chi connectivity index (χ3n) is 4.89. The van der Waals surface area contributed by atoms with Gasteiger partial charge in [-0.1, -0.05) is 12.1 Å². The van der Waals surface area contributed by atoms with Crippen LogP contribution in [0.3, 0.4) is 0 Å². The van der Waals surface area contributed by atoms with E-state index in [1.54, 1.807) is 6.20 Å². The van der Waals surface area contributed by atoms with Crippen molar-refractivity contribution in [2.45, 2.75) is 25.3 Å². The first-order chi connectivity index (χ1) is 13.8. The van der Waals surface area contributed by atoms with Crippen molar-refractivity contribution in [1.82, 2.24) is 25.5 Å². The van der Waals surface area contributed by atoms with Crippen LogP contribution in [0.4, 0.5) is 0 Å². The lowest BCUT2D eigenvalue weighted by atomic mass is 10.1. The van der Waals surface area contributed by atoms with Crippen molar-refractivity contribution < 1.29 is 9.47 Å². The Kier molecular flexibility index (Phi) is 4.52. The Bertz CT molecular complexity index is 1010. The Hall–Kier alpha value is -3.16. The molecule has 2 atom stereocenters.